The lowest BCUT2D eigenvalue weighted by atomic mass is 9.82. The molecule has 1 aromatic rings. The summed E-state index contributed by atoms with van der Waals surface area (Å²) in [6.45, 7) is 17.4. The van der Waals surface area contributed by atoms with Crippen LogP contribution in [0.15, 0.2) is 6.07 Å². The minimum absolute atomic E-state index is 0.0488. The van der Waals surface area contributed by atoms with Crippen molar-refractivity contribution in [2.75, 3.05) is 12.4 Å². The summed E-state index contributed by atoms with van der Waals surface area (Å²) >= 11 is 0. The van der Waals surface area contributed by atoms with Crippen molar-refractivity contribution < 1.29 is 4.74 Å². The van der Waals surface area contributed by atoms with E-state index in [1.54, 1.807) is 7.11 Å². The van der Waals surface area contributed by atoms with E-state index < -0.39 is 0 Å². The molecule has 0 amide bonds. The minimum Gasteiger partial charge on any atom is -0.481 e. The maximum absolute atomic E-state index is 5.31. The molecule has 0 fully saturated rings. The van der Waals surface area contributed by atoms with Crippen molar-refractivity contribution in [2.24, 2.45) is 5.41 Å². The number of hydrogen-bond acceptors (Lipinski definition) is 4. The number of rotatable bonds is 4. The summed E-state index contributed by atoms with van der Waals surface area (Å²) in [5.74, 6) is 2.21. The van der Waals surface area contributed by atoms with E-state index in [0.29, 0.717) is 5.88 Å². The highest BCUT2D eigenvalue weighted by atomic mass is 16.5. The number of ether oxygens (including phenoxy) is 1. The second kappa shape index (κ2) is 5.82. The van der Waals surface area contributed by atoms with Gasteiger partial charge < -0.3 is 10.1 Å². The Morgan fingerprint density at radius 1 is 1.00 bits per heavy atom. The van der Waals surface area contributed by atoms with Crippen LogP contribution < -0.4 is 10.1 Å². The van der Waals surface area contributed by atoms with Gasteiger partial charge in [-0.3, -0.25) is 0 Å². The third kappa shape index (κ3) is 5.90. The lowest BCUT2D eigenvalue weighted by molar-refractivity contribution is 0.301. The van der Waals surface area contributed by atoms with Crippen molar-refractivity contribution in [3.8, 4) is 5.88 Å². The molecule has 21 heavy (non-hydrogen) atoms. The Morgan fingerprint density at radius 2 is 1.57 bits per heavy atom. The molecule has 0 saturated carbocycles. The van der Waals surface area contributed by atoms with E-state index in [2.05, 4.69) is 70.7 Å². The van der Waals surface area contributed by atoms with Crippen molar-refractivity contribution in [1.82, 2.24) is 9.97 Å². The van der Waals surface area contributed by atoms with E-state index in [4.69, 9.17) is 4.74 Å². The van der Waals surface area contributed by atoms with E-state index >= 15 is 0 Å². The van der Waals surface area contributed by atoms with Crippen LogP contribution >= 0.6 is 0 Å². The fourth-order valence-electron chi connectivity index (χ4n) is 2.65. The Morgan fingerprint density at radius 3 is 2.00 bits per heavy atom. The van der Waals surface area contributed by atoms with Crippen LogP contribution in [0, 0.1) is 5.41 Å². The van der Waals surface area contributed by atoms with Crippen LogP contribution in [0.4, 0.5) is 5.82 Å². The van der Waals surface area contributed by atoms with Gasteiger partial charge in [0.25, 0.3) is 0 Å². The maximum atomic E-state index is 5.31. The zero-order chi connectivity index (χ0) is 16.5. The maximum Gasteiger partial charge on any atom is 0.218 e. The van der Waals surface area contributed by atoms with Crippen LogP contribution in [0.3, 0.4) is 0 Å². The topological polar surface area (TPSA) is 47.0 Å². The van der Waals surface area contributed by atoms with Crippen LogP contribution in [-0.4, -0.2) is 22.6 Å². The Hall–Kier alpha value is -1.32. The summed E-state index contributed by atoms with van der Waals surface area (Å²) in [6, 6.07) is 1.86. The first-order valence-corrected chi connectivity index (χ1v) is 7.54. The van der Waals surface area contributed by atoms with Gasteiger partial charge in [0.15, 0.2) is 0 Å². The van der Waals surface area contributed by atoms with Gasteiger partial charge in [-0.25, -0.2) is 4.98 Å². The summed E-state index contributed by atoms with van der Waals surface area (Å²) in [5.41, 5.74) is 0.0897. The SMILES string of the molecule is COc1cc(NC(C)(C)CC(C)(C)C)nc(C(C)(C)C)n1. The first kappa shape index (κ1) is 17.7. The smallest absolute Gasteiger partial charge is 0.218 e. The molecule has 0 radical (unpaired) electrons. The largest absolute Gasteiger partial charge is 0.481 e. The zero-order valence-electron chi connectivity index (χ0n) is 15.1. The van der Waals surface area contributed by atoms with Crippen molar-refractivity contribution in [1.29, 1.82) is 0 Å². The molecule has 0 aliphatic heterocycles. The Balaban J connectivity index is 3.08. The lowest BCUT2D eigenvalue weighted by Gasteiger charge is -2.34. The molecular formula is C17H31N3O. The van der Waals surface area contributed by atoms with Gasteiger partial charge in [0, 0.05) is 17.0 Å². The molecule has 4 nitrogen and oxygen atoms in total. The molecule has 0 spiro atoms. The Labute approximate surface area is 129 Å². The molecule has 1 heterocycles. The van der Waals surface area contributed by atoms with E-state index in [9.17, 15) is 0 Å². The molecule has 0 bridgehead atoms. The van der Waals surface area contributed by atoms with Crippen LogP contribution in [0.2, 0.25) is 0 Å². The minimum atomic E-state index is -0.112. The molecule has 1 rings (SSSR count). The van der Waals surface area contributed by atoms with Crippen LogP contribution in [0.1, 0.15) is 67.6 Å². The van der Waals surface area contributed by atoms with Gasteiger partial charge in [-0.05, 0) is 25.7 Å². The number of methoxy groups -OCH3 is 1. The molecule has 0 aliphatic carbocycles. The lowest BCUT2D eigenvalue weighted by Crippen LogP contribution is -2.36. The predicted molar refractivity (Wildman–Crippen MR) is 89.1 cm³/mol. The highest BCUT2D eigenvalue weighted by Gasteiger charge is 2.27. The summed E-state index contributed by atoms with van der Waals surface area (Å²) in [7, 11) is 1.64. The summed E-state index contributed by atoms with van der Waals surface area (Å²) in [6.07, 6.45) is 1.04. The fourth-order valence-corrected chi connectivity index (χ4v) is 2.65. The second-order valence-corrected chi connectivity index (χ2v) is 8.62. The summed E-state index contributed by atoms with van der Waals surface area (Å²) in [5, 5.41) is 3.53. The average Bonchev–Trinajstić information content (AvgIpc) is 2.22. The van der Waals surface area contributed by atoms with Crippen LogP contribution in [-0.2, 0) is 5.41 Å². The van der Waals surface area contributed by atoms with Crippen molar-refractivity contribution in [3.63, 3.8) is 0 Å². The highest BCUT2D eigenvalue weighted by molar-refractivity contribution is 5.41. The third-order valence-corrected chi connectivity index (χ3v) is 3.02. The van der Waals surface area contributed by atoms with Gasteiger partial charge in [0.2, 0.25) is 5.88 Å². The van der Waals surface area contributed by atoms with Crippen LogP contribution in [0.5, 0.6) is 5.88 Å². The van der Waals surface area contributed by atoms with Gasteiger partial charge in [-0.1, -0.05) is 41.5 Å². The van der Waals surface area contributed by atoms with Gasteiger partial charge >= 0.3 is 0 Å². The summed E-state index contributed by atoms with van der Waals surface area (Å²) in [4.78, 5) is 9.12. The van der Waals surface area contributed by atoms with E-state index in [1.165, 1.54) is 0 Å². The third-order valence-electron chi connectivity index (χ3n) is 3.02. The number of anilines is 1. The molecule has 0 atom stereocenters. The molecule has 120 valence electrons. The van der Waals surface area contributed by atoms with Crippen molar-refractivity contribution in [2.45, 2.75) is 72.8 Å². The molecule has 0 aliphatic rings. The van der Waals surface area contributed by atoms with Crippen LogP contribution in [0.25, 0.3) is 0 Å². The molecule has 0 unspecified atom stereocenters. The standard InChI is InChI=1S/C17H31N3O/c1-15(2,3)11-17(7,8)20-12-10-13(21-9)19-14(18-12)16(4,5)6/h10H,11H2,1-9H3,(H,18,19,20). The second-order valence-electron chi connectivity index (χ2n) is 8.62. The Bertz CT molecular complexity index is 482. The summed E-state index contributed by atoms with van der Waals surface area (Å²) < 4.78 is 5.31. The Kier molecular flexibility index (Phi) is 4.91. The fraction of sp³-hybridized carbons (Fsp3) is 0.765. The molecule has 1 N–H and O–H groups in total. The molecule has 1 aromatic heterocycles. The van der Waals surface area contributed by atoms with E-state index in [-0.39, 0.29) is 16.4 Å². The van der Waals surface area contributed by atoms with Crippen molar-refractivity contribution in [3.05, 3.63) is 11.9 Å². The number of aromatic nitrogens is 2. The number of nitrogens with zero attached hydrogens (tertiary/aromatic N) is 2. The zero-order valence-corrected chi connectivity index (χ0v) is 15.1. The quantitative estimate of drug-likeness (QED) is 0.893. The molecular weight excluding hydrogens is 262 g/mol. The average molecular weight is 293 g/mol. The molecule has 0 aromatic carbocycles. The van der Waals surface area contributed by atoms with Gasteiger partial charge in [0.05, 0.1) is 7.11 Å². The van der Waals surface area contributed by atoms with E-state index in [0.717, 1.165) is 18.1 Å². The molecule has 4 heteroatoms. The molecule has 0 saturated heterocycles. The number of hydrogen-bond donors (Lipinski definition) is 1. The van der Waals surface area contributed by atoms with Gasteiger partial charge in [0.1, 0.15) is 11.6 Å². The van der Waals surface area contributed by atoms with Gasteiger partial charge in [-0.15, -0.1) is 0 Å². The monoisotopic (exact) mass is 293 g/mol. The number of nitrogens with one attached hydrogen (secondary N) is 1. The van der Waals surface area contributed by atoms with Gasteiger partial charge in [-0.2, -0.15) is 4.98 Å². The van der Waals surface area contributed by atoms with Crippen molar-refractivity contribution >= 4 is 5.82 Å². The highest BCUT2D eigenvalue weighted by Crippen LogP contribution is 2.30. The normalized spacial score (nSPS) is 13.2. The first-order chi connectivity index (χ1) is 9.32. The predicted octanol–water partition coefficient (Wildman–Crippen LogP) is 4.41. The first-order valence-electron chi connectivity index (χ1n) is 7.54. The van der Waals surface area contributed by atoms with E-state index in [1.807, 2.05) is 6.07 Å².